The fourth-order valence-electron chi connectivity index (χ4n) is 4.18. The molecule has 0 spiro atoms. The molecular formula is C25H27N3. The third-order valence-corrected chi connectivity index (χ3v) is 5.59. The lowest BCUT2D eigenvalue weighted by Gasteiger charge is -2.25. The molecule has 2 aromatic carbocycles. The average Bonchev–Trinajstić information content (AvgIpc) is 3.11. The molecule has 1 aromatic heterocycles. The van der Waals surface area contributed by atoms with Crippen LogP contribution in [-0.4, -0.2) is 11.7 Å². The first-order valence-corrected chi connectivity index (χ1v) is 9.77. The van der Waals surface area contributed by atoms with E-state index < -0.39 is 0 Å². The molecule has 0 unspecified atom stereocenters. The Morgan fingerprint density at radius 1 is 0.714 bits per heavy atom. The summed E-state index contributed by atoms with van der Waals surface area (Å²) < 4.78 is 0. The quantitative estimate of drug-likeness (QED) is 0.560. The predicted molar refractivity (Wildman–Crippen MR) is 119 cm³/mol. The van der Waals surface area contributed by atoms with E-state index in [1.807, 2.05) is 6.20 Å². The second kappa shape index (κ2) is 7.16. The highest BCUT2D eigenvalue weighted by Crippen LogP contribution is 2.32. The van der Waals surface area contributed by atoms with Gasteiger partial charge in [0, 0.05) is 23.7 Å². The van der Waals surface area contributed by atoms with Gasteiger partial charge in [0.1, 0.15) is 0 Å². The number of pyridine rings is 1. The molecule has 0 bridgehead atoms. The van der Waals surface area contributed by atoms with E-state index in [0.717, 1.165) is 18.1 Å². The Bertz CT molecular complexity index is 1020. The Morgan fingerprint density at radius 2 is 1.29 bits per heavy atom. The SMILES string of the molecule is Cc1cc(-c2c(C)cccc2C)ncc1N1C=CN(c2c(C)cccc2C)C1. The molecule has 0 N–H and O–H groups in total. The molecule has 142 valence electrons. The van der Waals surface area contributed by atoms with Crippen molar-refractivity contribution in [3.63, 3.8) is 0 Å². The highest BCUT2D eigenvalue weighted by atomic mass is 15.3. The van der Waals surface area contributed by atoms with Crippen LogP contribution in [0.4, 0.5) is 11.4 Å². The van der Waals surface area contributed by atoms with Crippen LogP contribution in [0.3, 0.4) is 0 Å². The molecule has 0 amide bonds. The fourth-order valence-corrected chi connectivity index (χ4v) is 4.18. The number of benzene rings is 2. The van der Waals surface area contributed by atoms with E-state index in [2.05, 4.69) is 99.3 Å². The van der Waals surface area contributed by atoms with Crippen LogP contribution in [-0.2, 0) is 0 Å². The van der Waals surface area contributed by atoms with Crippen molar-refractivity contribution in [3.05, 3.63) is 88.9 Å². The lowest BCUT2D eigenvalue weighted by atomic mass is 9.98. The number of para-hydroxylation sites is 1. The van der Waals surface area contributed by atoms with E-state index in [1.54, 1.807) is 0 Å². The highest BCUT2D eigenvalue weighted by Gasteiger charge is 2.20. The summed E-state index contributed by atoms with van der Waals surface area (Å²) in [5, 5.41) is 0. The number of rotatable bonds is 3. The lowest BCUT2D eigenvalue weighted by molar-refractivity contribution is 0.956. The van der Waals surface area contributed by atoms with E-state index in [0.29, 0.717) is 0 Å². The van der Waals surface area contributed by atoms with E-state index in [1.165, 1.54) is 39.1 Å². The number of anilines is 2. The van der Waals surface area contributed by atoms with Crippen LogP contribution in [0.15, 0.2) is 61.1 Å². The summed E-state index contributed by atoms with van der Waals surface area (Å²) in [7, 11) is 0. The van der Waals surface area contributed by atoms with Gasteiger partial charge in [-0.15, -0.1) is 0 Å². The third-order valence-electron chi connectivity index (χ3n) is 5.59. The highest BCUT2D eigenvalue weighted by molar-refractivity contribution is 5.71. The van der Waals surface area contributed by atoms with Crippen molar-refractivity contribution in [1.29, 1.82) is 0 Å². The van der Waals surface area contributed by atoms with Crippen molar-refractivity contribution in [2.75, 3.05) is 16.5 Å². The van der Waals surface area contributed by atoms with Gasteiger partial charge >= 0.3 is 0 Å². The van der Waals surface area contributed by atoms with Crippen LogP contribution in [0.2, 0.25) is 0 Å². The summed E-state index contributed by atoms with van der Waals surface area (Å²) in [4.78, 5) is 9.39. The molecule has 0 saturated heterocycles. The molecule has 0 radical (unpaired) electrons. The number of nitrogens with zero attached hydrogens (tertiary/aromatic N) is 3. The maximum absolute atomic E-state index is 4.81. The first-order chi connectivity index (χ1) is 13.5. The van der Waals surface area contributed by atoms with Crippen molar-refractivity contribution in [3.8, 4) is 11.3 Å². The molecule has 2 heterocycles. The van der Waals surface area contributed by atoms with Crippen molar-refractivity contribution in [2.45, 2.75) is 34.6 Å². The Balaban J connectivity index is 1.63. The van der Waals surface area contributed by atoms with Crippen LogP contribution < -0.4 is 9.80 Å². The monoisotopic (exact) mass is 369 g/mol. The summed E-state index contributed by atoms with van der Waals surface area (Å²) >= 11 is 0. The number of hydrogen-bond acceptors (Lipinski definition) is 3. The van der Waals surface area contributed by atoms with Crippen molar-refractivity contribution in [1.82, 2.24) is 4.98 Å². The van der Waals surface area contributed by atoms with Gasteiger partial charge in [-0.1, -0.05) is 36.4 Å². The molecule has 1 aliphatic heterocycles. The van der Waals surface area contributed by atoms with Gasteiger partial charge in [0.2, 0.25) is 0 Å². The molecule has 0 saturated carbocycles. The maximum Gasteiger partial charge on any atom is 0.0990 e. The molecule has 0 fully saturated rings. The van der Waals surface area contributed by atoms with Crippen molar-refractivity contribution in [2.24, 2.45) is 0 Å². The first kappa shape index (κ1) is 18.3. The van der Waals surface area contributed by atoms with Crippen LogP contribution >= 0.6 is 0 Å². The molecule has 0 aliphatic carbocycles. The Kier molecular flexibility index (Phi) is 4.68. The molecule has 3 nitrogen and oxygen atoms in total. The molecule has 28 heavy (non-hydrogen) atoms. The molecule has 1 aliphatic rings. The Hall–Kier alpha value is -3.07. The summed E-state index contributed by atoms with van der Waals surface area (Å²) in [6.07, 6.45) is 6.32. The minimum absolute atomic E-state index is 0.803. The van der Waals surface area contributed by atoms with Crippen LogP contribution in [0.25, 0.3) is 11.3 Å². The van der Waals surface area contributed by atoms with Crippen LogP contribution in [0, 0.1) is 34.6 Å². The maximum atomic E-state index is 4.81. The van der Waals surface area contributed by atoms with E-state index >= 15 is 0 Å². The zero-order valence-corrected chi connectivity index (χ0v) is 17.3. The normalized spacial score (nSPS) is 13.5. The standard InChI is InChI=1S/C25H27N3/c1-17-8-6-9-18(2)24(17)22-14-21(5)23(15-26-22)27-12-13-28(16-27)25-19(3)10-7-11-20(25)4/h6-15H,16H2,1-5H3. The fraction of sp³-hybridized carbons (Fsp3) is 0.240. The summed E-state index contributed by atoms with van der Waals surface area (Å²) in [5.41, 5.74) is 11.1. The van der Waals surface area contributed by atoms with Gasteiger partial charge in [-0.25, -0.2) is 0 Å². The van der Waals surface area contributed by atoms with Gasteiger partial charge in [0.05, 0.1) is 24.2 Å². The Labute approximate surface area is 168 Å². The molecule has 3 aromatic rings. The van der Waals surface area contributed by atoms with Crippen LogP contribution in [0.5, 0.6) is 0 Å². The predicted octanol–water partition coefficient (Wildman–Crippen LogP) is 6.05. The van der Waals surface area contributed by atoms with Crippen molar-refractivity contribution < 1.29 is 0 Å². The smallest absolute Gasteiger partial charge is 0.0990 e. The van der Waals surface area contributed by atoms with Crippen molar-refractivity contribution >= 4 is 11.4 Å². The Morgan fingerprint density at radius 3 is 1.89 bits per heavy atom. The van der Waals surface area contributed by atoms with Gasteiger partial charge in [-0.2, -0.15) is 0 Å². The van der Waals surface area contributed by atoms with E-state index in [4.69, 9.17) is 4.98 Å². The average molecular weight is 370 g/mol. The number of aromatic nitrogens is 1. The zero-order valence-electron chi connectivity index (χ0n) is 17.3. The molecule has 4 rings (SSSR count). The van der Waals surface area contributed by atoms with Gasteiger partial charge in [0.15, 0.2) is 0 Å². The van der Waals surface area contributed by atoms with E-state index in [-0.39, 0.29) is 0 Å². The summed E-state index contributed by atoms with van der Waals surface area (Å²) in [6, 6.07) is 15.1. The van der Waals surface area contributed by atoms with Gasteiger partial charge in [-0.3, -0.25) is 4.98 Å². The van der Waals surface area contributed by atoms with Gasteiger partial charge in [-0.05, 0) is 68.5 Å². The largest absolute Gasteiger partial charge is 0.328 e. The summed E-state index contributed by atoms with van der Waals surface area (Å²) in [6.45, 7) is 11.6. The zero-order chi connectivity index (χ0) is 19.8. The number of aryl methyl sites for hydroxylation is 5. The number of hydrogen-bond donors (Lipinski definition) is 0. The summed E-state index contributed by atoms with van der Waals surface area (Å²) in [5.74, 6) is 0. The van der Waals surface area contributed by atoms with Gasteiger partial charge in [0.25, 0.3) is 0 Å². The lowest BCUT2D eigenvalue weighted by Crippen LogP contribution is -2.26. The second-order valence-electron chi connectivity index (χ2n) is 7.74. The second-order valence-corrected chi connectivity index (χ2v) is 7.74. The molecular weight excluding hydrogens is 342 g/mol. The minimum atomic E-state index is 0.803. The minimum Gasteiger partial charge on any atom is -0.328 e. The topological polar surface area (TPSA) is 19.4 Å². The van der Waals surface area contributed by atoms with Gasteiger partial charge < -0.3 is 9.80 Å². The van der Waals surface area contributed by atoms with Crippen LogP contribution in [0.1, 0.15) is 27.8 Å². The molecule has 0 atom stereocenters. The van der Waals surface area contributed by atoms with E-state index in [9.17, 15) is 0 Å². The third kappa shape index (κ3) is 3.18. The first-order valence-electron chi connectivity index (χ1n) is 9.77. The molecule has 3 heteroatoms.